The van der Waals surface area contributed by atoms with Crippen LogP contribution in [0.25, 0.3) is 21.8 Å². The van der Waals surface area contributed by atoms with Gasteiger partial charge < -0.3 is 10.1 Å². The largest absolute Gasteiger partial charge is 0.450 e. The molecule has 0 aliphatic heterocycles. The molecule has 0 aliphatic rings. The Morgan fingerprint density at radius 2 is 1.76 bits per heavy atom. The first kappa shape index (κ1) is 17.2. The summed E-state index contributed by atoms with van der Waals surface area (Å²) in [7, 11) is 0. The number of aromatic nitrogens is 1. The number of carbonyl (C=O) groups excluding carboxylic acids is 1. The van der Waals surface area contributed by atoms with Crippen molar-refractivity contribution in [2.24, 2.45) is 0 Å². The molecule has 3 rings (SSSR count). The molecule has 4 nitrogen and oxygen atoms in total. The van der Waals surface area contributed by atoms with Gasteiger partial charge in [-0.3, -0.25) is 0 Å². The van der Waals surface area contributed by atoms with Crippen LogP contribution in [0.15, 0.2) is 53.9 Å². The fraction of sp³-hybridized carbons (Fsp3) is 0.200. The summed E-state index contributed by atoms with van der Waals surface area (Å²) in [6.45, 7) is 4.69. The van der Waals surface area contributed by atoms with E-state index in [1.54, 1.807) is 18.3 Å². The Kier molecular flexibility index (Phi) is 5.46. The average Bonchev–Trinajstić information content (AvgIpc) is 3.11. The third kappa shape index (κ3) is 4.45. The van der Waals surface area contributed by atoms with Crippen molar-refractivity contribution in [2.75, 3.05) is 6.61 Å². The number of hydrogen-bond donors (Lipinski definition) is 1. The second kappa shape index (κ2) is 7.94. The van der Waals surface area contributed by atoms with Gasteiger partial charge in [0.05, 0.1) is 12.3 Å². The standard InChI is InChI=1S/C20H20N2O2S/c1-3-24-20(23)21-12-15-6-10-17(11-7-15)19-22-18(13-25-19)16-8-4-14(2)5-9-16/h4-11,13H,3,12H2,1-2H3,(H,21,23). The van der Waals surface area contributed by atoms with Gasteiger partial charge in [-0.1, -0.05) is 54.1 Å². The summed E-state index contributed by atoms with van der Waals surface area (Å²) in [4.78, 5) is 16.1. The molecule has 0 saturated carbocycles. The summed E-state index contributed by atoms with van der Waals surface area (Å²) >= 11 is 1.63. The van der Waals surface area contributed by atoms with E-state index >= 15 is 0 Å². The van der Waals surface area contributed by atoms with Gasteiger partial charge in [0.2, 0.25) is 0 Å². The molecule has 128 valence electrons. The van der Waals surface area contributed by atoms with E-state index in [1.165, 1.54) is 5.56 Å². The van der Waals surface area contributed by atoms with Crippen molar-refractivity contribution in [3.63, 3.8) is 0 Å². The van der Waals surface area contributed by atoms with E-state index in [-0.39, 0.29) is 0 Å². The highest BCUT2D eigenvalue weighted by molar-refractivity contribution is 7.13. The minimum Gasteiger partial charge on any atom is -0.450 e. The average molecular weight is 352 g/mol. The summed E-state index contributed by atoms with van der Waals surface area (Å²) in [6, 6.07) is 16.4. The minimum absolute atomic E-state index is 0.373. The number of carbonyl (C=O) groups is 1. The van der Waals surface area contributed by atoms with Crippen molar-refractivity contribution in [1.29, 1.82) is 0 Å². The summed E-state index contributed by atoms with van der Waals surface area (Å²) in [5.41, 5.74) is 5.46. The first-order valence-electron chi connectivity index (χ1n) is 8.18. The Labute approximate surface area is 151 Å². The van der Waals surface area contributed by atoms with Crippen LogP contribution in [0.4, 0.5) is 4.79 Å². The van der Waals surface area contributed by atoms with Gasteiger partial charge in [-0.15, -0.1) is 11.3 Å². The number of nitrogens with one attached hydrogen (secondary N) is 1. The molecule has 1 amide bonds. The van der Waals surface area contributed by atoms with Crippen LogP contribution < -0.4 is 5.32 Å². The molecule has 1 aromatic heterocycles. The molecule has 0 radical (unpaired) electrons. The number of hydrogen-bond acceptors (Lipinski definition) is 4. The molecular formula is C20H20N2O2S. The predicted molar refractivity (Wildman–Crippen MR) is 102 cm³/mol. The van der Waals surface area contributed by atoms with Crippen LogP contribution in [0.1, 0.15) is 18.1 Å². The van der Waals surface area contributed by atoms with Crippen LogP contribution in [0.2, 0.25) is 0 Å². The van der Waals surface area contributed by atoms with Gasteiger partial charge in [-0.2, -0.15) is 0 Å². The molecular weight excluding hydrogens is 332 g/mol. The Bertz CT molecular complexity index is 839. The van der Waals surface area contributed by atoms with Crippen LogP contribution in [-0.2, 0) is 11.3 Å². The van der Waals surface area contributed by atoms with Crippen molar-refractivity contribution in [1.82, 2.24) is 10.3 Å². The number of thiazole rings is 1. The maximum absolute atomic E-state index is 11.3. The molecule has 1 heterocycles. The predicted octanol–water partition coefficient (Wildman–Crippen LogP) is 5.03. The molecule has 3 aromatic rings. The molecule has 0 spiro atoms. The third-order valence-electron chi connectivity index (χ3n) is 3.76. The van der Waals surface area contributed by atoms with Gasteiger partial charge in [-0.05, 0) is 19.4 Å². The number of aryl methyl sites for hydroxylation is 1. The number of nitrogens with zero attached hydrogens (tertiary/aromatic N) is 1. The molecule has 0 unspecified atom stereocenters. The zero-order chi connectivity index (χ0) is 17.6. The lowest BCUT2D eigenvalue weighted by Crippen LogP contribution is -2.23. The molecule has 0 saturated heterocycles. The Morgan fingerprint density at radius 3 is 2.44 bits per heavy atom. The maximum Gasteiger partial charge on any atom is 0.407 e. The van der Waals surface area contributed by atoms with Crippen LogP contribution in [-0.4, -0.2) is 17.7 Å². The van der Waals surface area contributed by atoms with Gasteiger partial charge in [0, 0.05) is 23.1 Å². The normalized spacial score (nSPS) is 10.5. The monoisotopic (exact) mass is 352 g/mol. The molecule has 0 bridgehead atoms. The van der Waals surface area contributed by atoms with Gasteiger partial charge in [-0.25, -0.2) is 9.78 Å². The Hall–Kier alpha value is -2.66. The number of alkyl carbamates (subject to hydrolysis) is 1. The Balaban J connectivity index is 1.68. The highest BCUT2D eigenvalue weighted by atomic mass is 32.1. The summed E-state index contributed by atoms with van der Waals surface area (Å²) in [5, 5.41) is 5.78. The quantitative estimate of drug-likeness (QED) is 0.700. The van der Waals surface area contributed by atoms with E-state index in [0.717, 1.165) is 27.4 Å². The van der Waals surface area contributed by atoms with Crippen LogP contribution in [0.5, 0.6) is 0 Å². The fourth-order valence-electron chi connectivity index (χ4n) is 2.38. The second-order valence-electron chi connectivity index (χ2n) is 5.67. The van der Waals surface area contributed by atoms with Crippen molar-refractivity contribution >= 4 is 17.4 Å². The molecule has 0 aliphatic carbocycles. The first-order valence-corrected chi connectivity index (χ1v) is 9.06. The van der Waals surface area contributed by atoms with E-state index in [0.29, 0.717) is 13.2 Å². The van der Waals surface area contributed by atoms with Crippen LogP contribution in [0.3, 0.4) is 0 Å². The van der Waals surface area contributed by atoms with E-state index in [9.17, 15) is 4.79 Å². The van der Waals surface area contributed by atoms with E-state index < -0.39 is 6.09 Å². The van der Waals surface area contributed by atoms with Crippen molar-refractivity contribution in [2.45, 2.75) is 20.4 Å². The van der Waals surface area contributed by atoms with Gasteiger partial charge >= 0.3 is 6.09 Å². The first-order chi connectivity index (χ1) is 12.2. The zero-order valence-corrected chi connectivity index (χ0v) is 15.1. The molecule has 25 heavy (non-hydrogen) atoms. The summed E-state index contributed by atoms with van der Waals surface area (Å²) < 4.78 is 4.85. The van der Waals surface area contributed by atoms with Crippen molar-refractivity contribution < 1.29 is 9.53 Å². The molecule has 2 aromatic carbocycles. The summed E-state index contributed by atoms with van der Waals surface area (Å²) in [5.74, 6) is 0. The van der Waals surface area contributed by atoms with Crippen molar-refractivity contribution in [3.05, 3.63) is 65.0 Å². The highest BCUT2D eigenvalue weighted by Crippen LogP contribution is 2.29. The van der Waals surface area contributed by atoms with Gasteiger partial charge in [0.25, 0.3) is 0 Å². The third-order valence-corrected chi connectivity index (χ3v) is 4.66. The lowest BCUT2D eigenvalue weighted by atomic mass is 10.1. The molecule has 0 atom stereocenters. The van der Waals surface area contributed by atoms with Gasteiger partial charge in [0.15, 0.2) is 0 Å². The van der Waals surface area contributed by atoms with E-state index in [4.69, 9.17) is 9.72 Å². The molecule has 5 heteroatoms. The SMILES string of the molecule is CCOC(=O)NCc1ccc(-c2nc(-c3ccc(C)cc3)cs2)cc1. The Morgan fingerprint density at radius 1 is 1.08 bits per heavy atom. The number of rotatable bonds is 5. The second-order valence-corrected chi connectivity index (χ2v) is 6.53. The fourth-order valence-corrected chi connectivity index (χ4v) is 3.22. The number of benzene rings is 2. The number of ether oxygens (including phenoxy) is 1. The van der Waals surface area contributed by atoms with E-state index in [1.807, 2.05) is 24.3 Å². The lowest BCUT2D eigenvalue weighted by Gasteiger charge is -2.05. The van der Waals surface area contributed by atoms with Gasteiger partial charge in [0.1, 0.15) is 5.01 Å². The number of amides is 1. The highest BCUT2D eigenvalue weighted by Gasteiger charge is 2.07. The molecule has 0 fully saturated rings. The maximum atomic E-state index is 11.3. The zero-order valence-electron chi connectivity index (χ0n) is 14.3. The van der Waals surface area contributed by atoms with Crippen LogP contribution in [0, 0.1) is 6.92 Å². The minimum atomic E-state index is -0.394. The topological polar surface area (TPSA) is 51.2 Å². The van der Waals surface area contributed by atoms with Crippen LogP contribution >= 0.6 is 11.3 Å². The smallest absolute Gasteiger partial charge is 0.407 e. The lowest BCUT2D eigenvalue weighted by molar-refractivity contribution is 0.151. The summed E-state index contributed by atoms with van der Waals surface area (Å²) in [6.07, 6.45) is -0.394. The van der Waals surface area contributed by atoms with E-state index in [2.05, 4.69) is 41.9 Å². The molecule has 1 N–H and O–H groups in total. The van der Waals surface area contributed by atoms with Crippen molar-refractivity contribution in [3.8, 4) is 21.8 Å².